The van der Waals surface area contributed by atoms with Gasteiger partial charge < -0.3 is 20.4 Å². The molecule has 0 fully saturated rings. The molecule has 0 saturated carbocycles. The summed E-state index contributed by atoms with van der Waals surface area (Å²) in [5.41, 5.74) is 0.286. The monoisotopic (exact) mass is 197 g/mol. The number of phenols is 3. The number of hydrogen-bond donors (Lipinski definition) is 4. The zero-order valence-corrected chi connectivity index (χ0v) is 7.38. The fraction of sp³-hybridized carbons (Fsp3) is 0.222. The third-order valence-corrected chi connectivity index (χ3v) is 1.62. The molecular formula is C9H11NO4. The molecule has 4 N–H and O–H groups in total. The van der Waals surface area contributed by atoms with Crippen LogP contribution in [0.1, 0.15) is 5.56 Å². The Morgan fingerprint density at radius 2 is 1.86 bits per heavy atom. The summed E-state index contributed by atoms with van der Waals surface area (Å²) in [6.07, 6.45) is 1.31. The van der Waals surface area contributed by atoms with Crippen LogP contribution in [-0.2, 0) is 0 Å². The van der Waals surface area contributed by atoms with Crippen molar-refractivity contribution in [2.75, 3.05) is 13.2 Å². The van der Waals surface area contributed by atoms with Crippen LogP contribution in [0.3, 0.4) is 0 Å². The SMILES string of the molecule is OCCN=Cc1ccc(O)c(O)c1O. The van der Waals surface area contributed by atoms with Crippen molar-refractivity contribution in [3.8, 4) is 17.2 Å². The van der Waals surface area contributed by atoms with Crippen LogP contribution in [-0.4, -0.2) is 39.8 Å². The molecule has 14 heavy (non-hydrogen) atoms. The van der Waals surface area contributed by atoms with E-state index < -0.39 is 11.5 Å². The summed E-state index contributed by atoms with van der Waals surface area (Å²) in [4.78, 5) is 3.76. The summed E-state index contributed by atoms with van der Waals surface area (Å²) in [6, 6.07) is 2.65. The van der Waals surface area contributed by atoms with Crippen molar-refractivity contribution in [1.29, 1.82) is 0 Å². The Kier molecular flexibility index (Phi) is 3.30. The molecule has 0 saturated heterocycles. The second kappa shape index (κ2) is 4.48. The molecule has 76 valence electrons. The molecule has 0 aromatic heterocycles. The number of aliphatic imine (C=N–C) groups is 1. The van der Waals surface area contributed by atoms with E-state index >= 15 is 0 Å². The molecule has 1 rings (SSSR count). The molecule has 0 bridgehead atoms. The average molecular weight is 197 g/mol. The van der Waals surface area contributed by atoms with Crippen molar-refractivity contribution < 1.29 is 20.4 Å². The smallest absolute Gasteiger partial charge is 0.200 e. The van der Waals surface area contributed by atoms with Crippen molar-refractivity contribution in [2.45, 2.75) is 0 Å². The molecule has 0 unspecified atom stereocenters. The van der Waals surface area contributed by atoms with Gasteiger partial charge in [0.25, 0.3) is 0 Å². The van der Waals surface area contributed by atoms with Gasteiger partial charge in [-0.3, -0.25) is 4.99 Å². The zero-order chi connectivity index (χ0) is 10.6. The minimum absolute atomic E-state index is 0.0820. The molecule has 1 aromatic carbocycles. The van der Waals surface area contributed by atoms with Gasteiger partial charge in [-0.1, -0.05) is 0 Å². The highest BCUT2D eigenvalue weighted by Crippen LogP contribution is 2.36. The van der Waals surface area contributed by atoms with E-state index in [1.807, 2.05) is 0 Å². The number of phenolic OH excluding ortho intramolecular Hbond substituents is 3. The first-order valence-electron chi connectivity index (χ1n) is 4.01. The Hall–Kier alpha value is -1.75. The molecule has 0 spiro atoms. The van der Waals surface area contributed by atoms with Crippen molar-refractivity contribution in [3.63, 3.8) is 0 Å². The first-order chi connectivity index (χ1) is 6.66. The lowest BCUT2D eigenvalue weighted by molar-refractivity contribution is 0.307. The molecule has 5 nitrogen and oxygen atoms in total. The molecule has 0 heterocycles. The van der Waals surface area contributed by atoms with E-state index in [1.54, 1.807) is 0 Å². The lowest BCUT2D eigenvalue weighted by Crippen LogP contribution is -1.89. The van der Waals surface area contributed by atoms with Crippen LogP contribution in [0.2, 0.25) is 0 Å². The Bertz CT molecular complexity index is 349. The summed E-state index contributed by atoms with van der Waals surface area (Å²) >= 11 is 0. The molecule has 0 atom stereocenters. The number of aliphatic hydroxyl groups is 1. The highest BCUT2D eigenvalue weighted by molar-refractivity contribution is 5.85. The van der Waals surface area contributed by atoms with Gasteiger partial charge >= 0.3 is 0 Å². The fourth-order valence-electron chi connectivity index (χ4n) is 0.909. The minimum Gasteiger partial charge on any atom is -0.504 e. The molecule has 1 aromatic rings. The quantitative estimate of drug-likeness (QED) is 0.411. The largest absolute Gasteiger partial charge is 0.504 e. The van der Waals surface area contributed by atoms with E-state index in [0.717, 1.165) is 0 Å². The number of aromatic hydroxyl groups is 3. The number of rotatable bonds is 3. The van der Waals surface area contributed by atoms with Crippen LogP contribution < -0.4 is 0 Å². The highest BCUT2D eigenvalue weighted by Gasteiger charge is 2.08. The normalized spacial score (nSPS) is 10.9. The molecular weight excluding hydrogens is 186 g/mol. The van der Waals surface area contributed by atoms with Gasteiger partial charge in [-0.15, -0.1) is 0 Å². The predicted octanol–water partition coefficient (Wildman–Crippen LogP) is 0.215. The first kappa shape index (κ1) is 10.3. The molecule has 5 heteroatoms. The number of benzene rings is 1. The third kappa shape index (κ3) is 2.14. The summed E-state index contributed by atoms with van der Waals surface area (Å²) in [5.74, 6) is -1.38. The van der Waals surface area contributed by atoms with Gasteiger partial charge in [-0.25, -0.2) is 0 Å². The Morgan fingerprint density at radius 3 is 2.50 bits per heavy atom. The van der Waals surface area contributed by atoms with Gasteiger partial charge in [-0.05, 0) is 12.1 Å². The van der Waals surface area contributed by atoms with Gasteiger partial charge in [0.1, 0.15) is 0 Å². The van der Waals surface area contributed by atoms with Crippen LogP contribution in [0.25, 0.3) is 0 Å². The maximum atomic E-state index is 9.31. The summed E-state index contributed by atoms with van der Waals surface area (Å²) < 4.78 is 0. The minimum atomic E-state index is -0.571. The van der Waals surface area contributed by atoms with Crippen molar-refractivity contribution in [1.82, 2.24) is 0 Å². The van der Waals surface area contributed by atoms with Crippen molar-refractivity contribution >= 4 is 6.21 Å². The van der Waals surface area contributed by atoms with Gasteiger partial charge in [0.2, 0.25) is 5.75 Å². The maximum absolute atomic E-state index is 9.31. The van der Waals surface area contributed by atoms with Crippen molar-refractivity contribution in [3.05, 3.63) is 17.7 Å². The van der Waals surface area contributed by atoms with Gasteiger partial charge in [0.05, 0.1) is 13.2 Å². The highest BCUT2D eigenvalue weighted by atomic mass is 16.3. The summed E-state index contributed by atoms with van der Waals surface area (Å²) in [7, 11) is 0. The third-order valence-electron chi connectivity index (χ3n) is 1.62. The van der Waals surface area contributed by atoms with Crippen LogP contribution in [0.15, 0.2) is 17.1 Å². The molecule has 0 aliphatic carbocycles. The second-order valence-corrected chi connectivity index (χ2v) is 2.63. The van der Waals surface area contributed by atoms with E-state index in [9.17, 15) is 5.11 Å². The zero-order valence-electron chi connectivity index (χ0n) is 7.38. The van der Waals surface area contributed by atoms with E-state index in [0.29, 0.717) is 0 Å². The first-order valence-corrected chi connectivity index (χ1v) is 4.01. The number of nitrogens with zero attached hydrogens (tertiary/aromatic N) is 1. The van der Waals surface area contributed by atoms with E-state index in [1.165, 1.54) is 18.3 Å². The molecule has 0 radical (unpaired) electrons. The summed E-state index contributed by atoms with van der Waals surface area (Å²) in [5, 5.41) is 35.9. The Balaban J connectivity index is 2.94. The van der Waals surface area contributed by atoms with Crippen LogP contribution in [0.5, 0.6) is 17.2 Å². The molecule has 0 aliphatic heterocycles. The summed E-state index contributed by atoms with van der Waals surface area (Å²) in [6.45, 7) is 0.141. The van der Waals surface area contributed by atoms with Gasteiger partial charge in [-0.2, -0.15) is 0 Å². The van der Waals surface area contributed by atoms with Gasteiger partial charge in [0.15, 0.2) is 11.5 Å². The molecule has 0 amide bonds. The second-order valence-electron chi connectivity index (χ2n) is 2.63. The average Bonchev–Trinajstić information content (AvgIpc) is 2.18. The van der Waals surface area contributed by atoms with E-state index in [-0.39, 0.29) is 24.5 Å². The predicted molar refractivity (Wildman–Crippen MR) is 51.0 cm³/mol. The Labute approximate surface area is 80.6 Å². The molecule has 0 aliphatic rings. The van der Waals surface area contributed by atoms with E-state index in [2.05, 4.69) is 4.99 Å². The van der Waals surface area contributed by atoms with Crippen molar-refractivity contribution in [2.24, 2.45) is 4.99 Å². The number of aliphatic hydroxyl groups excluding tert-OH is 1. The topological polar surface area (TPSA) is 93.3 Å². The Morgan fingerprint density at radius 1 is 1.14 bits per heavy atom. The lowest BCUT2D eigenvalue weighted by Gasteiger charge is -2.02. The van der Waals surface area contributed by atoms with Crippen LogP contribution in [0.4, 0.5) is 0 Å². The standard InChI is InChI=1S/C9H11NO4/c11-4-3-10-5-6-1-2-7(12)9(14)8(6)13/h1-2,5,11-14H,3-4H2. The maximum Gasteiger partial charge on any atom is 0.200 e. The number of hydrogen-bond acceptors (Lipinski definition) is 5. The van der Waals surface area contributed by atoms with Gasteiger partial charge in [0, 0.05) is 11.8 Å². The lowest BCUT2D eigenvalue weighted by atomic mass is 10.2. The van der Waals surface area contributed by atoms with Crippen LogP contribution >= 0.6 is 0 Å². The fourth-order valence-corrected chi connectivity index (χ4v) is 0.909. The van der Waals surface area contributed by atoms with Crippen LogP contribution in [0, 0.1) is 0 Å². The van der Waals surface area contributed by atoms with E-state index in [4.69, 9.17) is 15.3 Å².